The van der Waals surface area contributed by atoms with Crippen LogP contribution in [0.5, 0.6) is 0 Å². The van der Waals surface area contributed by atoms with E-state index in [2.05, 4.69) is 10.4 Å². The number of nitrogens with zero attached hydrogens (tertiary/aromatic N) is 2. The van der Waals surface area contributed by atoms with E-state index in [4.69, 9.17) is 0 Å². The molecule has 0 saturated carbocycles. The van der Waals surface area contributed by atoms with Gasteiger partial charge in [-0.15, -0.1) is 0 Å². The summed E-state index contributed by atoms with van der Waals surface area (Å²) in [4.78, 5) is 13.2. The van der Waals surface area contributed by atoms with Crippen LogP contribution in [0.25, 0.3) is 16.9 Å². The van der Waals surface area contributed by atoms with Crippen LogP contribution in [-0.4, -0.2) is 30.4 Å². The number of alkyl halides is 3. The normalized spacial score (nSPS) is 11.9. The summed E-state index contributed by atoms with van der Waals surface area (Å²) in [6, 6.07) is 19.2. The lowest BCUT2D eigenvalue weighted by atomic mass is 10.00. The van der Waals surface area contributed by atoms with Gasteiger partial charge in [-0.3, -0.25) is 4.79 Å². The first-order valence-corrected chi connectivity index (χ1v) is 12.3. The molecule has 0 aliphatic rings. The highest BCUT2D eigenvalue weighted by Crippen LogP contribution is 2.39. The number of aromatic nitrogens is 2. The molecular weight excluding hydrogens is 479 g/mol. The van der Waals surface area contributed by atoms with Gasteiger partial charge in [-0.2, -0.15) is 18.3 Å². The molecule has 0 aliphatic carbocycles. The van der Waals surface area contributed by atoms with E-state index in [1.165, 1.54) is 54.1 Å². The summed E-state index contributed by atoms with van der Waals surface area (Å²) in [5.74, 6) is -0.643. The van der Waals surface area contributed by atoms with Crippen LogP contribution in [-0.2, 0) is 16.0 Å². The minimum atomic E-state index is -4.61. The van der Waals surface area contributed by atoms with Gasteiger partial charge >= 0.3 is 6.18 Å². The van der Waals surface area contributed by atoms with Crippen LogP contribution in [0, 0.1) is 6.92 Å². The molecule has 1 N–H and O–H groups in total. The third-order valence-corrected chi connectivity index (χ3v) is 6.49. The quantitative estimate of drug-likeness (QED) is 0.392. The molecule has 0 unspecified atom stereocenters. The molecule has 0 radical (unpaired) electrons. The van der Waals surface area contributed by atoms with Gasteiger partial charge in [0, 0.05) is 23.1 Å². The maximum atomic E-state index is 13.8. The van der Waals surface area contributed by atoms with Gasteiger partial charge in [0.1, 0.15) is 0 Å². The molecule has 0 fully saturated rings. The molecule has 6 nitrogen and oxygen atoms in total. The van der Waals surface area contributed by atoms with Gasteiger partial charge in [-0.1, -0.05) is 36.4 Å². The molecule has 1 amide bonds. The minimum Gasteiger partial charge on any atom is -0.321 e. The second kappa shape index (κ2) is 9.03. The first kappa shape index (κ1) is 24.2. The highest BCUT2D eigenvalue weighted by Gasteiger charge is 2.35. The van der Waals surface area contributed by atoms with E-state index in [0.717, 1.165) is 12.3 Å². The first-order valence-electron chi connectivity index (χ1n) is 10.4. The third kappa shape index (κ3) is 4.97. The standard InChI is InChI=1S/C25H20F3N3O3S/c1-16-22(24(32)29-17-12-14-19(15-13-17)35(2,33)34)30-31(18-8-4-3-5-9-18)23(16)20-10-6-7-11-21(20)25(26,27)28/h3-15H,1-2H3,(H,29,32). The van der Waals surface area contributed by atoms with Crippen LogP contribution in [0.3, 0.4) is 0 Å². The Morgan fingerprint density at radius 2 is 1.51 bits per heavy atom. The van der Waals surface area contributed by atoms with Gasteiger partial charge in [0.15, 0.2) is 15.5 Å². The molecule has 4 rings (SSSR count). The number of sulfone groups is 1. The second-order valence-corrected chi connectivity index (χ2v) is 9.88. The summed E-state index contributed by atoms with van der Waals surface area (Å²) in [6.07, 6.45) is -3.54. The average molecular weight is 500 g/mol. The van der Waals surface area contributed by atoms with Crippen molar-refractivity contribution in [3.8, 4) is 16.9 Å². The molecule has 0 aliphatic heterocycles. The number of anilines is 1. The summed E-state index contributed by atoms with van der Waals surface area (Å²) in [6.45, 7) is 1.54. The van der Waals surface area contributed by atoms with E-state index in [9.17, 15) is 26.4 Å². The van der Waals surface area contributed by atoms with Crippen LogP contribution < -0.4 is 5.32 Å². The van der Waals surface area contributed by atoms with Gasteiger partial charge in [-0.25, -0.2) is 13.1 Å². The zero-order valence-electron chi connectivity index (χ0n) is 18.7. The zero-order chi connectivity index (χ0) is 25.4. The van der Waals surface area contributed by atoms with Crippen molar-refractivity contribution >= 4 is 21.4 Å². The Bertz CT molecular complexity index is 1490. The Hall–Kier alpha value is -3.92. The number of carbonyl (C=O) groups is 1. The zero-order valence-corrected chi connectivity index (χ0v) is 19.5. The van der Waals surface area contributed by atoms with E-state index in [0.29, 0.717) is 11.4 Å². The highest BCUT2D eigenvalue weighted by molar-refractivity contribution is 7.90. The molecule has 4 aromatic rings. The van der Waals surface area contributed by atoms with E-state index in [1.54, 1.807) is 30.3 Å². The summed E-state index contributed by atoms with van der Waals surface area (Å²) in [5, 5.41) is 7.01. The van der Waals surface area contributed by atoms with Crippen LogP contribution in [0.15, 0.2) is 83.8 Å². The number of hydrogen-bond donors (Lipinski definition) is 1. The number of halogens is 3. The van der Waals surface area contributed by atoms with Crippen molar-refractivity contribution in [3.63, 3.8) is 0 Å². The van der Waals surface area contributed by atoms with Crippen LogP contribution >= 0.6 is 0 Å². The Morgan fingerprint density at radius 1 is 0.914 bits per heavy atom. The maximum absolute atomic E-state index is 13.8. The molecule has 1 heterocycles. The Balaban J connectivity index is 1.82. The summed E-state index contributed by atoms with van der Waals surface area (Å²) in [7, 11) is -3.41. The van der Waals surface area contributed by atoms with E-state index in [-0.39, 0.29) is 27.4 Å². The fourth-order valence-corrected chi connectivity index (χ4v) is 4.33. The molecule has 3 aromatic carbocycles. The molecule has 10 heteroatoms. The molecule has 180 valence electrons. The highest BCUT2D eigenvalue weighted by atomic mass is 32.2. The molecule has 0 saturated heterocycles. The number of rotatable bonds is 5. The fourth-order valence-electron chi connectivity index (χ4n) is 3.70. The molecule has 1 aromatic heterocycles. The third-order valence-electron chi connectivity index (χ3n) is 5.37. The van der Waals surface area contributed by atoms with E-state index >= 15 is 0 Å². The Labute approximate surface area is 200 Å². The molecule has 0 atom stereocenters. The molecule has 35 heavy (non-hydrogen) atoms. The van der Waals surface area contributed by atoms with E-state index < -0.39 is 27.5 Å². The smallest absolute Gasteiger partial charge is 0.321 e. The lowest BCUT2D eigenvalue weighted by Crippen LogP contribution is -2.14. The molecule has 0 bridgehead atoms. The maximum Gasteiger partial charge on any atom is 0.417 e. The Morgan fingerprint density at radius 3 is 2.11 bits per heavy atom. The van der Waals surface area contributed by atoms with Crippen molar-refractivity contribution in [1.29, 1.82) is 0 Å². The number of hydrogen-bond acceptors (Lipinski definition) is 4. The van der Waals surface area contributed by atoms with Crippen LogP contribution in [0.2, 0.25) is 0 Å². The number of amides is 1. The largest absolute Gasteiger partial charge is 0.417 e. The van der Waals surface area contributed by atoms with Gasteiger partial charge in [0.05, 0.1) is 21.8 Å². The van der Waals surface area contributed by atoms with Crippen LogP contribution in [0.4, 0.5) is 18.9 Å². The first-order chi connectivity index (χ1) is 16.5. The lowest BCUT2D eigenvalue weighted by Gasteiger charge is -2.15. The van der Waals surface area contributed by atoms with Crippen molar-refractivity contribution in [2.24, 2.45) is 0 Å². The van der Waals surface area contributed by atoms with E-state index in [1.807, 2.05) is 0 Å². The summed E-state index contributed by atoms with van der Waals surface area (Å²) < 4.78 is 66.1. The van der Waals surface area contributed by atoms with Crippen molar-refractivity contribution in [2.45, 2.75) is 18.0 Å². The summed E-state index contributed by atoms with van der Waals surface area (Å²) in [5.41, 5.74) is 0.187. The predicted molar refractivity (Wildman–Crippen MR) is 126 cm³/mol. The van der Waals surface area contributed by atoms with Gasteiger partial charge < -0.3 is 5.32 Å². The van der Waals surface area contributed by atoms with Gasteiger partial charge in [0.2, 0.25) is 0 Å². The van der Waals surface area contributed by atoms with Crippen LogP contribution in [0.1, 0.15) is 21.6 Å². The van der Waals surface area contributed by atoms with Crippen molar-refractivity contribution in [2.75, 3.05) is 11.6 Å². The Kier molecular flexibility index (Phi) is 6.25. The van der Waals surface area contributed by atoms with Crippen molar-refractivity contribution in [1.82, 2.24) is 9.78 Å². The van der Waals surface area contributed by atoms with Crippen molar-refractivity contribution in [3.05, 3.63) is 95.7 Å². The second-order valence-electron chi connectivity index (χ2n) is 7.86. The topological polar surface area (TPSA) is 81.1 Å². The summed E-state index contributed by atoms with van der Waals surface area (Å²) >= 11 is 0. The average Bonchev–Trinajstić information content (AvgIpc) is 3.16. The minimum absolute atomic E-state index is 0.0620. The monoisotopic (exact) mass is 499 g/mol. The molecule has 0 spiro atoms. The SMILES string of the molecule is Cc1c(C(=O)Nc2ccc(S(C)(=O)=O)cc2)nn(-c2ccccc2)c1-c1ccccc1C(F)(F)F. The lowest BCUT2D eigenvalue weighted by molar-refractivity contribution is -0.137. The number of para-hydroxylation sites is 1. The molecular formula is C25H20F3N3O3S. The van der Waals surface area contributed by atoms with Gasteiger partial charge in [0.25, 0.3) is 5.91 Å². The number of benzene rings is 3. The number of nitrogens with one attached hydrogen (secondary N) is 1. The van der Waals surface area contributed by atoms with Crippen molar-refractivity contribution < 1.29 is 26.4 Å². The number of carbonyl (C=O) groups excluding carboxylic acids is 1. The predicted octanol–water partition coefficient (Wildman–Crippen LogP) is 5.52. The fraction of sp³-hybridized carbons (Fsp3) is 0.120. The van der Waals surface area contributed by atoms with Gasteiger partial charge in [-0.05, 0) is 49.4 Å².